The third kappa shape index (κ3) is 2.89. The zero-order valence-electron chi connectivity index (χ0n) is 12.1. The van der Waals surface area contributed by atoms with Gasteiger partial charge in [0.2, 0.25) is 0 Å². The van der Waals surface area contributed by atoms with Crippen LogP contribution in [0.5, 0.6) is 0 Å². The third-order valence-electron chi connectivity index (χ3n) is 4.25. The number of para-hydroxylation sites is 1. The van der Waals surface area contributed by atoms with E-state index >= 15 is 0 Å². The lowest BCUT2D eigenvalue weighted by atomic mass is 10.2. The molecule has 108 valence electrons. The highest BCUT2D eigenvalue weighted by atomic mass is 32.1. The molecule has 1 aromatic carbocycles. The number of rotatable bonds is 6. The minimum atomic E-state index is 0.762. The summed E-state index contributed by atoms with van der Waals surface area (Å²) in [5.41, 5.74) is 4.23. The van der Waals surface area contributed by atoms with Crippen LogP contribution in [0.2, 0.25) is 0 Å². The molecule has 3 aromatic rings. The number of fused-ring (bicyclic) bond motifs is 1. The van der Waals surface area contributed by atoms with Crippen molar-refractivity contribution < 1.29 is 0 Å². The zero-order chi connectivity index (χ0) is 14.1. The highest BCUT2D eigenvalue weighted by molar-refractivity contribution is 7.07. The van der Waals surface area contributed by atoms with Gasteiger partial charge in [-0.3, -0.25) is 0 Å². The Morgan fingerprint density at radius 1 is 1.19 bits per heavy atom. The smallest absolute Gasteiger partial charge is 0.0483 e. The quantitative estimate of drug-likeness (QED) is 0.721. The summed E-state index contributed by atoms with van der Waals surface area (Å²) in [6.45, 7) is 2.05. The molecule has 0 aliphatic heterocycles. The van der Waals surface area contributed by atoms with E-state index in [-0.39, 0.29) is 0 Å². The lowest BCUT2D eigenvalue weighted by Crippen LogP contribution is -2.14. The Hall–Kier alpha value is -1.58. The number of nitrogens with zero attached hydrogens (tertiary/aromatic N) is 1. The summed E-state index contributed by atoms with van der Waals surface area (Å²) in [6.07, 6.45) is 6.14. The van der Waals surface area contributed by atoms with Crippen molar-refractivity contribution in [2.24, 2.45) is 0 Å². The predicted octanol–water partition coefficient (Wildman–Crippen LogP) is 4.20. The van der Waals surface area contributed by atoms with Crippen molar-refractivity contribution in [1.82, 2.24) is 9.88 Å². The van der Waals surface area contributed by atoms with E-state index in [9.17, 15) is 0 Å². The van der Waals surface area contributed by atoms with Gasteiger partial charge in [-0.05, 0) is 53.3 Å². The fraction of sp³-hybridized carbons (Fsp3) is 0.333. The summed E-state index contributed by atoms with van der Waals surface area (Å²) < 4.78 is 2.41. The molecular weight excluding hydrogens is 276 g/mol. The van der Waals surface area contributed by atoms with Gasteiger partial charge in [0, 0.05) is 36.2 Å². The maximum atomic E-state index is 3.64. The van der Waals surface area contributed by atoms with E-state index in [2.05, 4.69) is 57.2 Å². The minimum Gasteiger partial charge on any atom is -0.347 e. The van der Waals surface area contributed by atoms with Crippen LogP contribution in [0.25, 0.3) is 10.9 Å². The summed E-state index contributed by atoms with van der Waals surface area (Å²) in [5, 5.41) is 9.45. The van der Waals surface area contributed by atoms with Crippen molar-refractivity contribution in [3.05, 3.63) is 58.4 Å². The van der Waals surface area contributed by atoms with Gasteiger partial charge in [0.05, 0.1) is 0 Å². The first-order valence-electron chi connectivity index (χ1n) is 7.71. The summed E-state index contributed by atoms with van der Waals surface area (Å²) in [7, 11) is 0. The molecule has 3 heteroatoms. The highest BCUT2D eigenvalue weighted by Gasteiger charge is 2.20. The van der Waals surface area contributed by atoms with Crippen LogP contribution in [0.4, 0.5) is 0 Å². The fourth-order valence-electron chi connectivity index (χ4n) is 2.87. The van der Waals surface area contributed by atoms with Crippen LogP contribution in [0, 0.1) is 0 Å². The van der Waals surface area contributed by atoms with E-state index in [4.69, 9.17) is 0 Å². The molecule has 2 heterocycles. The Morgan fingerprint density at radius 3 is 2.90 bits per heavy atom. The second-order valence-electron chi connectivity index (χ2n) is 5.90. The molecule has 0 unspecified atom stereocenters. The van der Waals surface area contributed by atoms with Crippen molar-refractivity contribution >= 4 is 22.2 Å². The molecule has 4 rings (SSSR count). The van der Waals surface area contributed by atoms with E-state index in [1.807, 2.05) is 0 Å². The molecule has 0 amide bonds. The van der Waals surface area contributed by atoms with E-state index in [0.717, 1.165) is 25.6 Å². The monoisotopic (exact) mass is 296 g/mol. The van der Waals surface area contributed by atoms with Crippen molar-refractivity contribution in [3.8, 4) is 0 Å². The molecule has 0 bridgehead atoms. The topological polar surface area (TPSA) is 17.0 Å². The SMILES string of the molecule is c1ccc2c(c1)c(CNC1CC1)cn2CCc1ccsc1. The van der Waals surface area contributed by atoms with Crippen LogP contribution < -0.4 is 5.32 Å². The average molecular weight is 296 g/mol. The second kappa shape index (κ2) is 5.66. The number of hydrogen-bond acceptors (Lipinski definition) is 2. The number of thiophene rings is 1. The lowest BCUT2D eigenvalue weighted by Gasteiger charge is -2.03. The van der Waals surface area contributed by atoms with Gasteiger partial charge in [-0.15, -0.1) is 0 Å². The van der Waals surface area contributed by atoms with Gasteiger partial charge in [0.1, 0.15) is 0 Å². The van der Waals surface area contributed by atoms with Gasteiger partial charge in [-0.25, -0.2) is 0 Å². The van der Waals surface area contributed by atoms with E-state index in [1.54, 1.807) is 11.3 Å². The molecule has 1 saturated carbocycles. The lowest BCUT2D eigenvalue weighted by molar-refractivity contribution is 0.679. The molecule has 1 fully saturated rings. The van der Waals surface area contributed by atoms with Gasteiger partial charge in [-0.2, -0.15) is 11.3 Å². The van der Waals surface area contributed by atoms with Crippen LogP contribution in [-0.4, -0.2) is 10.6 Å². The molecule has 0 atom stereocenters. The van der Waals surface area contributed by atoms with Crippen LogP contribution >= 0.6 is 11.3 Å². The normalized spacial score (nSPS) is 14.9. The number of benzene rings is 1. The van der Waals surface area contributed by atoms with Crippen LogP contribution in [0.1, 0.15) is 24.0 Å². The Balaban J connectivity index is 1.58. The van der Waals surface area contributed by atoms with Crippen LogP contribution in [0.15, 0.2) is 47.3 Å². The maximum absolute atomic E-state index is 3.64. The Bertz CT molecular complexity index is 723. The Morgan fingerprint density at radius 2 is 2.10 bits per heavy atom. The van der Waals surface area contributed by atoms with Crippen LogP contribution in [-0.2, 0) is 19.5 Å². The zero-order valence-corrected chi connectivity index (χ0v) is 12.9. The summed E-state index contributed by atoms with van der Waals surface area (Å²) in [5.74, 6) is 0. The summed E-state index contributed by atoms with van der Waals surface area (Å²) in [4.78, 5) is 0. The van der Waals surface area contributed by atoms with E-state index in [1.165, 1.54) is 34.9 Å². The summed E-state index contributed by atoms with van der Waals surface area (Å²) in [6, 6.07) is 11.8. The summed E-state index contributed by atoms with van der Waals surface area (Å²) >= 11 is 1.78. The van der Waals surface area contributed by atoms with Crippen molar-refractivity contribution in [2.75, 3.05) is 0 Å². The Kier molecular flexibility index (Phi) is 3.53. The molecule has 1 aliphatic carbocycles. The first kappa shape index (κ1) is 13.1. The number of aryl methyl sites for hydroxylation is 2. The predicted molar refractivity (Wildman–Crippen MR) is 89.8 cm³/mol. The first-order chi connectivity index (χ1) is 10.4. The van der Waals surface area contributed by atoms with Gasteiger partial charge in [-0.1, -0.05) is 18.2 Å². The molecule has 0 saturated heterocycles. The number of nitrogens with one attached hydrogen (secondary N) is 1. The minimum absolute atomic E-state index is 0.762. The fourth-order valence-corrected chi connectivity index (χ4v) is 3.58. The molecule has 2 nitrogen and oxygen atoms in total. The maximum Gasteiger partial charge on any atom is 0.0483 e. The molecule has 2 aromatic heterocycles. The van der Waals surface area contributed by atoms with Crippen molar-refractivity contribution in [3.63, 3.8) is 0 Å². The highest BCUT2D eigenvalue weighted by Crippen LogP contribution is 2.24. The molecular formula is C18H20N2S. The van der Waals surface area contributed by atoms with Gasteiger partial charge >= 0.3 is 0 Å². The number of aromatic nitrogens is 1. The van der Waals surface area contributed by atoms with Gasteiger partial charge < -0.3 is 9.88 Å². The molecule has 1 N–H and O–H groups in total. The largest absolute Gasteiger partial charge is 0.347 e. The van der Waals surface area contributed by atoms with E-state index < -0.39 is 0 Å². The Labute approximate surface area is 129 Å². The second-order valence-corrected chi connectivity index (χ2v) is 6.68. The van der Waals surface area contributed by atoms with Gasteiger partial charge in [0.15, 0.2) is 0 Å². The average Bonchev–Trinajstić information content (AvgIpc) is 3.08. The standard InChI is InChI=1S/C18H20N2S/c1-2-4-18-17(3-1)15(11-19-16-5-6-16)12-20(18)9-7-14-8-10-21-13-14/h1-4,8,10,12-13,16,19H,5-7,9,11H2. The molecule has 1 aliphatic rings. The van der Waals surface area contributed by atoms with E-state index in [0.29, 0.717) is 0 Å². The molecule has 0 spiro atoms. The van der Waals surface area contributed by atoms with Crippen LogP contribution in [0.3, 0.4) is 0 Å². The molecule has 21 heavy (non-hydrogen) atoms. The van der Waals surface area contributed by atoms with Crippen molar-refractivity contribution in [1.29, 1.82) is 0 Å². The first-order valence-corrected chi connectivity index (χ1v) is 8.65. The van der Waals surface area contributed by atoms with Gasteiger partial charge in [0.25, 0.3) is 0 Å². The molecule has 0 radical (unpaired) electrons. The third-order valence-corrected chi connectivity index (χ3v) is 4.98. The van der Waals surface area contributed by atoms with Crippen molar-refractivity contribution in [2.45, 2.75) is 38.4 Å². The number of hydrogen-bond donors (Lipinski definition) is 1.